The number of hydrogen-bond donors (Lipinski definition) is 0. The molecule has 0 saturated carbocycles. The second kappa shape index (κ2) is 6.39. The Hall–Kier alpha value is -1.80. The van der Waals surface area contributed by atoms with E-state index in [9.17, 15) is 4.79 Å². The Bertz CT molecular complexity index is 536. The summed E-state index contributed by atoms with van der Waals surface area (Å²) in [6, 6.07) is 16.7. The lowest BCUT2D eigenvalue weighted by Crippen LogP contribution is -2.31. The van der Waals surface area contributed by atoms with Gasteiger partial charge in [0.2, 0.25) is 0 Å². The highest BCUT2D eigenvalue weighted by atomic mass is 35.5. The Morgan fingerprint density at radius 3 is 2.26 bits per heavy atom. The molecule has 0 aliphatic heterocycles. The molecule has 2 aromatic rings. The number of carbonyl (C=O) groups excluding carboxylic acids is 1. The second-order valence-electron chi connectivity index (χ2n) is 4.30. The average molecular weight is 274 g/mol. The van der Waals surface area contributed by atoms with Gasteiger partial charge in [-0.05, 0) is 42.8 Å². The third-order valence-electron chi connectivity index (χ3n) is 2.85. The lowest BCUT2D eigenvalue weighted by atomic mass is 10.1. The summed E-state index contributed by atoms with van der Waals surface area (Å²) in [4.78, 5) is 14.3. The van der Waals surface area contributed by atoms with Crippen LogP contribution in [0.1, 0.15) is 23.7 Å². The number of para-hydroxylation sites is 1. The molecule has 0 atom stereocenters. The highest BCUT2D eigenvalue weighted by molar-refractivity contribution is 6.30. The van der Waals surface area contributed by atoms with E-state index in [1.54, 1.807) is 29.2 Å². The Morgan fingerprint density at radius 1 is 1.05 bits per heavy atom. The van der Waals surface area contributed by atoms with E-state index in [4.69, 9.17) is 11.6 Å². The number of benzene rings is 2. The number of rotatable bonds is 4. The first kappa shape index (κ1) is 13.6. The van der Waals surface area contributed by atoms with Crippen molar-refractivity contribution in [3.05, 3.63) is 65.2 Å². The molecule has 98 valence electrons. The molecular formula is C16H16ClNO. The van der Waals surface area contributed by atoms with Gasteiger partial charge in [-0.2, -0.15) is 0 Å². The molecule has 2 nitrogen and oxygen atoms in total. The smallest absolute Gasteiger partial charge is 0.258 e. The van der Waals surface area contributed by atoms with Crippen molar-refractivity contribution in [3.63, 3.8) is 0 Å². The van der Waals surface area contributed by atoms with Crippen LogP contribution in [0.5, 0.6) is 0 Å². The SMILES string of the molecule is CCCN(C(=O)c1ccc(Cl)cc1)c1ccccc1. The van der Waals surface area contributed by atoms with Gasteiger partial charge in [0.1, 0.15) is 0 Å². The first-order valence-electron chi connectivity index (χ1n) is 6.35. The molecule has 0 aromatic heterocycles. The predicted molar refractivity (Wildman–Crippen MR) is 79.9 cm³/mol. The maximum Gasteiger partial charge on any atom is 0.258 e. The lowest BCUT2D eigenvalue weighted by Gasteiger charge is -2.22. The van der Waals surface area contributed by atoms with Crippen molar-refractivity contribution in [3.8, 4) is 0 Å². The molecule has 19 heavy (non-hydrogen) atoms. The fraction of sp³-hybridized carbons (Fsp3) is 0.188. The van der Waals surface area contributed by atoms with Crippen LogP contribution in [0.15, 0.2) is 54.6 Å². The Balaban J connectivity index is 2.29. The van der Waals surface area contributed by atoms with Crippen molar-refractivity contribution in [1.29, 1.82) is 0 Å². The molecule has 0 aliphatic rings. The quantitative estimate of drug-likeness (QED) is 0.809. The number of amides is 1. The van der Waals surface area contributed by atoms with Crippen molar-refractivity contribution >= 4 is 23.2 Å². The van der Waals surface area contributed by atoms with Crippen LogP contribution >= 0.6 is 11.6 Å². The summed E-state index contributed by atoms with van der Waals surface area (Å²) in [5, 5.41) is 0.637. The molecule has 0 aliphatic carbocycles. The minimum atomic E-state index is 0.00437. The third kappa shape index (κ3) is 3.36. The summed E-state index contributed by atoms with van der Waals surface area (Å²) in [7, 11) is 0. The molecule has 0 fully saturated rings. The number of nitrogens with zero attached hydrogens (tertiary/aromatic N) is 1. The van der Waals surface area contributed by atoms with Crippen LogP contribution in [-0.4, -0.2) is 12.5 Å². The van der Waals surface area contributed by atoms with Gasteiger partial charge in [-0.1, -0.05) is 36.7 Å². The fourth-order valence-electron chi connectivity index (χ4n) is 1.93. The van der Waals surface area contributed by atoms with E-state index in [2.05, 4.69) is 6.92 Å². The first-order chi connectivity index (χ1) is 9.22. The average Bonchev–Trinajstić information content (AvgIpc) is 2.46. The maximum atomic E-state index is 12.5. The number of carbonyl (C=O) groups is 1. The molecule has 2 rings (SSSR count). The van der Waals surface area contributed by atoms with Crippen LogP contribution < -0.4 is 4.90 Å². The van der Waals surface area contributed by atoms with E-state index < -0.39 is 0 Å². The van der Waals surface area contributed by atoms with Crippen molar-refractivity contribution in [1.82, 2.24) is 0 Å². The summed E-state index contributed by atoms with van der Waals surface area (Å²) in [6.45, 7) is 2.76. The molecule has 2 aromatic carbocycles. The van der Waals surface area contributed by atoms with Gasteiger partial charge in [0.15, 0.2) is 0 Å². The van der Waals surface area contributed by atoms with Gasteiger partial charge in [0, 0.05) is 22.8 Å². The van der Waals surface area contributed by atoms with Crippen LogP contribution in [-0.2, 0) is 0 Å². The van der Waals surface area contributed by atoms with Gasteiger partial charge in [-0.3, -0.25) is 4.79 Å². The zero-order valence-corrected chi connectivity index (χ0v) is 11.6. The van der Waals surface area contributed by atoms with Crippen LogP contribution in [0.3, 0.4) is 0 Å². The third-order valence-corrected chi connectivity index (χ3v) is 3.10. The first-order valence-corrected chi connectivity index (χ1v) is 6.72. The van der Waals surface area contributed by atoms with E-state index in [1.807, 2.05) is 30.3 Å². The normalized spacial score (nSPS) is 10.2. The largest absolute Gasteiger partial charge is 0.308 e. The van der Waals surface area contributed by atoms with Crippen LogP contribution in [0.4, 0.5) is 5.69 Å². The Kier molecular flexibility index (Phi) is 4.58. The van der Waals surface area contributed by atoms with Crippen LogP contribution in [0, 0.1) is 0 Å². The van der Waals surface area contributed by atoms with Crippen molar-refractivity contribution < 1.29 is 4.79 Å². The summed E-state index contributed by atoms with van der Waals surface area (Å²) < 4.78 is 0. The number of halogens is 1. The Labute approximate surface area is 118 Å². The van der Waals surface area contributed by atoms with Gasteiger partial charge in [0.25, 0.3) is 5.91 Å². The van der Waals surface area contributed by atoms with Crippen molar-refractivity contribution in [2.45, 2.75) is 13.3 Å². The van der Waals surface area contributed by atoms with Crippen LogP contribution in [0.2, 0.25) is 5.02 Å². The van der Waals surface area contributed by atoms with E-state index >= 15 is 0 Å². The number of anilines is 1. The molecular weight excluding hydrogens is 258 g/mol. The predicted octanol–water partition coefficient (Wildman–Crippen LogP) is 4.40. The maximum absolute atomic E-state index is 12.5. The summed E-state index contributed by atoms with van der Waals surface area (Å²) in [5.74, 6) is 0.00437. The summed E-state index contributed by atoms with van der Waals surface area (Å²) >= 11 is 5.85. The van der Waals surface area contributed by atoms with Gasteiger partial charge < -0.3 is 4.90 Å². The summed E-state index contributed by atoms with van der Waals surface area (Å²) in [5.41, 5.74) is 1.58. The highest BCUT2D eigenvalue weighted by Gasteiger charge is 2.16. The summed E-state index contributed by atoms with van der Waals surface area (Å²) in [6.07, 6.45) is 0.911. The number of hydrogen-bond acceptors (Lipinski definition) is 1. The van der Waals surface area contributed by atoms with Gasteiger partial charge in [0.05, 0.1) is 0 Å². The van der Waals surface area contributed by atoms with Crippen LogP contribution in [0.25, 0.3) is 0 Å². The minimum absolute atomic E-state index is 0.00437. The molecule has 0 bridgehead atoms. The Morgan fingerprint density at radius 2 is 1.68 bits per heavy atom. The molecule has 3 heteroatoms. The van der Waals surface area contributed by atoms with Gasteiger partial charge in [-0.25, -0.2) is 0 Å². The molecule has 0 N–H and O–H groups in total. The van der Waals surface area contributed by atoms with E-state index in [0.29, 0.717) is 17.1 Å². The van der Waals surface area contributed by atoms with Gasteiger partial charge >= 0.3 is 0 Å². The molecule has 0 radical (unpaired) electrons. The van der Waals surface area contributed by atoms with E-state index in [-0.39, 0.29) is 5.91 Å². The van der Waals surface area contributed by atoms with E-state index in [1.165, 1.54) is 0 Å². The zero-order chi connectivity index (χ0) is 13.7. The molecule has 0 unspecified atom stereocenters. The standard InChI is InChI=1S/C16H16ClNO/c1-2-12-18(15-6-4-3-5-7-15)16(19)13-8-10-14(17)11-9-13/h3-11H,2,12H2,1H3. The zero-order valence-electron chi connectivity index (χ0n) is 10.8. The lowest BCUT2D eigenvalue weighted by molar-refractivity contribution is 0.0987. The fourth-order valence-corrected chi connectivity index (χ4v) is 2.05. The topological polar surface area (TPSA) is 20.3 Å². The van der Waals surface area contributed by atoms with Gasteiger partial charge in [-0.15, -0.1) is 0 Å². The van der Waals surface area contributed by atoms with Crippen molar-refractivity contribution in [2.75, 3.05) is 11.4 Å². The monoisotopic (exact) mass is 273 g/mol. The minimum Gasteiger partial charge on any atom is -0.308 e. The second-order valence-corrected chi connectivity index (χ2v) is 4.74. The molecule has 0 spiro atoms. The molecule has 0 saturated heterocycles. The van der Waals surface area contributed by atoms with E-state index in [0.717, 1.165) is 12.1 Å². The van der Waals surface area contributed by atoms with Crippen molar-refractivity contribution in [2.24, 2.45) is 0 Å². The molecule has 1 amide bonds. The molecule has 0 heterocycles. The highest BCUT2D eigenvalue weighted by Crippen LogP contribution is 2.18.